The third kappa shape index (κ3) is 2.31. The minimum Gasteiger partial charge on any atom is -0.364 e. The van der Waals surface area contributed by atoms with Crippen molar-refractivity contribution in [3.8, 4) is 0 Å². The molecule has 3 rings (SSSR count). The van der Waals surface area contributed by atoms with Crippen LogP contribution in [-0.4, -0.2) is 23.0 Å². The van der Waals surface area contributed by atoms with Crippen molar-refractivity contribution in [2.24, 2.45) is 4.99 Å². The first-order valence-electron chi connectivity index (χ1n) is 6.07. The number of hydrogen-bond donors (Lipinski definition) is 2. The molecule has 0 saturated carbocycles. The molecule has 1 aliphatic heterocycles. The van der Waals surface area contributed by atoms with E-state index in [0.717, 1.165) is 5.56 Å². The first-order chi connectivity index (χ1) is 9.65. The van der Waals surface area contributed by atoms with E-state index in [0.29, 0.717) is 22.0 Å². The summed E-state index contributed by atoms with van der Waals surface area (Å²) >= 11 is 6.03. The maximum Gasteiger partial charge on any atom is 0.276 e. The van der Waals surface area contributed by atoms with Crippen molar-refractivity contribution in [2.45, 2.75) is 6.23 Å². The smallest absolute Gasteiger partial charge is 0.276 e. The van der Waals surface area contributed by atoms with Crippen LogP contribution in [0.2, 0.25) is 5.02 Å². The lowest BCUT2D eigenvalue weighted by atomic mass is 10.1. The Labute approximate surface area is 120 Å². The molecule has 20 heavy (non-hydrogen) atoms. The number of nitrogens with zero attached hydrogens (tertiary/aromatic N) is 1. The second-order valence-electron chi connectivity index (χ2n) is 4.40. The zero-order chi connectivity index (χ0) is 14.1. The minimum atomic E-state index is -1.43. The lowest BCUT2D eigenvalue weighted by Crippen LogP contribution is -2.24. The predicted molar refractivity (Wildman–Crippen MR) is 78.2 cm³/mol. The van der Waals surface area contributed by atoms with Crippen molar-refractivity contribution in [1.82, 2.24) is 0 Å². The van der Waals surface area contributed by atoms with Gasteiger partial charge >= 0.3 is 0 Å². The van der Waals surface area contributed by atoms with E-state index in [1.807, 2.05) is 30.3 Å². The predicted octanol–water partition coefficient (Wildman–Crippen LogP) is 2.45. The Morgan fingerprint density at radius 2 is 1.90 bits per heavy atom. The summed E-state index contributed by atoms with van der Waals surface area (Å²) in [6, 6.07) is 14.5. The number of aliphatic hydroxyl groups excluding tert-OH is 1. The van der Waals surface area contributed by atoms with Gasteiger partial charge in [-0.05, 0) is 18.2 Å². The fourth-order valence-electron chi connectivity index (χ4n) is 2.10. The fraction of sp³-hybridized carbons (Fsp3) is 0.0667. The summed E-state index contributed by atoms with van der Waals surface area (Å²) in [5.41, 5.74) is 2.62. The van der Waals surface area contributed by atoms with Gasteiger partial charge in [-0.2, -0.15) is 0 Å². The number of aliphatic imine (C=N–C) groups is 1. The second-order valence-corrected chi connectivity index (χ2v) is 4.83. The maximum atomic E-state index is 11.7. The number of aliphatic hydroxyl groups is 1. The molecule has 0 aromatic heterocycles. The highest BCUT2D eigenvalue weighted by molar-refractivity contribution is 6.32. The van der Waals surface area contributed by atoms with Crippen molar-refractivity contribution in [1.29, 1.82) is 0 Å². The third-order valence-corrected chi connectivity index (χ3v) is 3.26. The van der Waals surface area contributed by atoms with Gasteiger partial charge in [-0.15, -0.1) is 0 Å². The van der Waals surface area contributed by atoms with Crippen LogP contribution in [0.5, 0.6) is 0 Å². The molecule has 2 aromatic carbocycles. The number of carbonyl (C=O) groups excluding carboxylic acids is 1. The third-order valence-electron chi connectivity index (χ3n) is 3.03. The van der Waals surface area contributed by atoms with E-state index in [2.05, 4.69) is 10.3 Å². The van der Waals surface area contributed by atoms with E-state index in [1.54, 1.807) is 18.2 Å². The van der Waals surface area contributed by atoms with Gasteiger partial charge in [0, 0.05) is 16.1 Å². The number of anilines is 1. The van der Waals surface area contributed by atoms with E-state index in [1.165, 1.54) is 0 Å². The van der Waals surface area contributed by atoms with Crippen molar-refractivity contribution in [3.63, 3.8) is 0 Å². The number of halogens is 1. The molecule has 1 heterocycles. The van der Waals surface area contributed by atoms with Crippen LogP contribution in [0.1, 0.15) is 11.1 Å². The molecular weight excluding hydrogens is 282 g/mol. The second kappa shape index (κ2) is 5.07. The van der Waals surface area contributed by atoms with Gasteiger partial charge in [0.15, 0.2) is 0 Å². The molecule has 0 aliphatic carbocycles. The minimum absolute atomic E-state index is 0.536. The number of carbonyl (C=O) groups is 1. The quantitative estimate of drug-likeness (QED) is 0.848. The standard InChI is InChI=1S/C15H11ClN2O2/c16-10-6-7-12-11(8-10)13(9-4-2-1-3-5-9)18-15(20)14(19)17-12/h1-8,15,20H,(H,17,19)/i1+1,2+1,3+1,4+1,5+1,9+1. The summed E-state index contributed by atoms with van der Waals surface area (Å²) in [6.07, 6.45) is -1.43. The number of benzene rings is 2. The summed E-state index contributed by atoms with van der Waals surface area (Å²) in [5, 5.41) is 13.0. The van der Waals surface area contributed by atoms with Crippen LogP contribution < -0.4 is 5.32 Å². The molecule has 1 atom stereocenters. The average molecular weight is 293 g/mol. The number of hydrogen-bond acceptors (Lipinski definition) is 3. The number of amides is 1. The topological polar surface area (TPSA) is 61.7 Å². The molecular formula is C15H11ClN2O2. The number of nitrogens with one attached hydrogen (secondary N) is 1. The Bertz CT molecular complexity index is 698. The molecule has 100 valence electrons. The Morgan fingerprint density at radius 1 is 1.15 bits per heavy atom. The summed E-state index contributed by atoms with van der Waals surface area (Å²) in [6.45, 7) is 0. The summed E-state index contributed by atoms with van der Waals surface area (Å²) in [4.78, 5) is 15.8. The van der Waals surface area contributed by atoms with Crippen molar-refractivity contribution < 1.29 is 9.90 Å². The van der Waals surface area contributed by atoms with Gasteiger partial charge in [-0.25, -0.2) is 4.99 Å². The summed E-state index contributed by atoms with van der Waals surface area (Å²) < 4.78 is 0. The first kappa shape index (κ1) is 12.8. The molecule has 2 aromatic rings. The van der Waals surface area contributed by atoms with Crippen LogP contribution in [0, 0.1) is 0 Å². The number of rotatable bonds is 1. The molecule has 0 fully saturated rings. The van der Waals surface area contributed by atoms with Gasteiger partial charge in [0.2, 0.25) is 6.23 Å². The Morgan fingerprint density at radius 3 is 2.65 bits per heavy atom. The molecule has 2 N–H and O–H groups in total. The molecule has 0 saturated heterocycles. The van der Waals surface area contributed by atoms with Crippen LogP contribution in [0.3, 0.4) is 0 Å². The number of fused-ring (bicyclic) bond motifs is 1. The highest BCUT2D eigenvalue weighted by Crippen LogP contribution is 2.26. The van der Waals surface area contributed by atoms with Gasteiger partial charge in [0.1, 0.15) is 0 Å². The molecule has 5 heteroatoms. The highest BCUT2D eigenvalue weighted by Gasteiger charge is 2.23. The van der Waals surface area contributed by atoms with Gasteiger partial charge in [0.25, 0.3) is 5.91 Å². The molecule has 1 aliphatic rings. The van der Waals surface area contributed by atoms with Crippen LogP contribution in [0.15, 0.2) is 53.5 Å². The van der Waals surface area contributed by atoms with E-state index in [9.17, 15) is 9.90 Å². The average Bonchev–Trinajstić information content (AvgIpc) is 2.58. The largest absolute Gasteiger partial charge is 0.364 e. The molecule has 1 unspecified atom stereocenters. The van der Waals surface area contributed by atoms with Gasteiger partial charge < -0.3 is 10.4 Å². The molecule has 0 radical (unpaired) electrons. The monoisotopic (exact) mass is 292 g/mol. The Hall–Kier alpha value is -2.17. The SMILES string of the molecule is O=C1Nc2ccc(Cl)cc2C([13c]2[13cH][13cH][13cH][13cH][13cH]2)=NC1O. The van der Waals surface area contributed by atoms with E-state index < -0.39 is 12.1 Å². The highest BCUT2D eigenvalue weighted by atomic mass is 35.5. The van der Waals surface area contributed by atoms with E-state index in [-0.39, 0.29) is 0 Å². The zero-order valence-corrected chi connectivity index (χ0v) is 11.1. The Balaban J connectivity index is 2.23. The van der Waals surface area contributed by atoms with Crippen molar-refractivity contribution in [3.05, 3.63) is 64.7 Å². The summed E-state index contributed by atoms with van der Waals surface area (Å²) in [5.74, 6) is -0.556. The zero-order valence-electron chi connectivity index (χ0n) is 10.4. The van der Waals surface area contributed by atoms with Crippen LogP contribution in [-0.2, 0) is 4.79 Å². The van der Waals surface area contributed by atoms with Gasteiger partial charge in [-0.1, -0.05) is 41.9 Å². The first-order valence-corrected chi connectivity index (χ1v) is 6.45. The van der Waals surface area contributed by atoms with E-state index >= 15 is 0 Å². The lowest BCUT2D eigenvalue weighted by Gasteiger charge is -2.10. The fourth-order valence-corrected chi connectivity index (χ4v) is 2.27. The Kier molecular flexibility index (Phi) is 3.26. The number of benzodiazepines with no additional fused rings is 1. The summed E-state index contributed by atoms with van der Waals surface area (Å²) in [7, 11) is 0. The van der Waals surface area contributed by atoms with Crippen molar-refractivity contribution in [2.75, 3.05) is 5.32 Å². The maximum absolute atomic E-state index is 11.7. The lowest BCUT2D eigenvalue weighted by molar-refractivity contribution is -0.123. The van der Waals surface area contributed by atoms with Crippen LogP contribution in [0.4, 0.5) is 5.69 Å². The molecule has 4 nitrogen and oxygen atoms in total. The van der Waals surface area contributed by atoms with Crippen molar-refractivity contribution >= 4 is 28.9 Å². The molecule has 0 bridgehead atoms. The normalized spacial score (nSPS) is 17.8. The van der Waals surface area contributed by atoms with Gasteiger partial charge in [0.05, 0.1) is 11.4 Å². The van der Waals surface area contributed by atoms with E-state index in [4.69, 9.17) is 11.6 Å². The van der Waals surface area contributed by atoms with Crippen LogP contribution >= 0.6 is 11.6 Å². The molecule has 1 amide bonds. The van der Waals surface area contributed by atoms with Crippen LogP contribution in [0.25, 0.3) is 0 Å². The molecule has 0 spiro atoms. The van der Waals surface area contributed by atoms with Gasteiger partial charge in [-0.3, -0.25) is 4.79 Å².